The van der Waals surface area contributed by atoms with Gasteiger partial charge in [0.1, 0.15) is 0 Å². The van der Waals surface area contributed by atoms with Gasteiger partial charge in [0, 0.05) is 12.1 Å². The summed E-state index contributed by atoms with van der Waals surface area (Å²) in [5, 5.41) is 3.44. The van der Waals surface area contributed by atoms with Gasteiger partial charge in [-0.2, -0.15) is 0 Å². The Morgan fingerprint density at radius 2 is 1.50 bits per heavy atom. The van der Waals surface area contributed by atoms with Gasteiger partial charge < -0.3 is 11.1 Å². The van der Waals surface area contributed by atoms with E-state index < -0.39 is 0 Å². The van der Waals surface area contributed by atoms with Gasteiger partial charge in [-0.25, -0.2) is 0 Å². The lowest BCUT2D eigenvalue weighted by Gasteiger charge is -2.18. The molecule has 0 atom stereocenters. The lowest BCUT2D eigenvalue weighted by atomic mass is 10.0. The second-order valence-corrected chi connectivity index (χ2v) is 5.98. The van der Waals surface area contributed by atoms with Crippen molar-refractivity contribution in [2.45, 2.75) is 32.4 Å². The first-order chi connectivity index (χ1) is 9.54. The zero-order chi connectivity index (χ0) is 14.4. The van der Waals surface area contributed by atoms with E-state index in [1.54, 1.807) is 0 Å². The van der Waals surface area contributed by atoms with Crippen LogP contribution in [0.15, 0.2) is 54.6 Å². The Morgan fingerprint density at radius 3 is 2.10 bits per heavy atom. The van der Waals surface area contributed by atoms with Gasteiger partial charge in [-0.15, -0.1) is 0 Å². The van der Waals surface area contributed by atoms with Crippen molar-refractivity contribution in [2.24, 2.45) is 5.73 Å². The van der Waals surface area contributed by atoms with Crippen molar-refractivity contribution in [3.8, 4) is 11.1 Å². The molecular weight excluding hydrogens is 244 g/mol. The summed E-state index contributed by atoms with van der Waals surface area (Å²) in [5.41, 5.74) is 9.69. The van der Waals surface area contributed by atoms with Gasteiger partial charge in [-0.3, -0.25) is 0 Å². The number of nitrogens with two attached hydrogens (primary N) is 1. The summed E-state index contributed by atoms with van der Waals surface area (Å²) in [5.74, 6) is 0. The Hall–Kier alpha value is -1.64. The summed E-state index contributed by atoms with van der Waals surface area (Å²) in [6, 6.07) is 19.2. The molecule has 0 radical (unpaired) electrons. The molecule has 0 saturated carbocycles. The maximum absolute atomic E-state index is 5.96. The summed E-state index contributed by atoms with van der Waals surface area (Å²) in [6.45, 7) is 5.96. The Kier molecular flexibility index (Phi) is 4.94. The molecule has 0 aliphatic carbocycles. The van der Waals surface area contributed by atoms with Crippen LogP contribution in [0.3, 0.4) is 0 Å². The van der Waals surface area contributed by atoms with Crippen LogP contribution in [0.5, 0.6) is 0 Å². The van der Waals surface area contributed by atoms with E-state index in [4.69, 9.17) is 5.73 Å². The van der Waals surface area contributed by atoms with Crippen molar-refractivity contribution in [2.75, 3.05) is 6.54 Å². The highest BCUT2D eigenvalue weighted by Gasteiger charge is 2.08. The lowest BCUT2D eigenvalue weighted by molar-refractivity contribution is 0.455. The summed E-state index contributed by atoms with van der Waals surface area (Å²) in [6.07, 6.45) is 0.981. The molecule has 0 unspecified atom stereocenters. The summed E-state index contributed by atoms with van der Waals surface area (Å²) >= 11 is 0. The minimum absolute atomic E-state index is 0.0931. The van der Waals surface area contributed by atoms with Gasteiger partial charge in [0.05, 0.1) is 0 Å². The van der Waals surface area contributed by atoms with Crippen molar-refractivity contribution in [3.63, 3.8) is 0 Å². The van der Waals surface area contributed by atoms with Crippen LogP contribution >= 0.6 is 0 Å². The fourth-order valence-electron chi connectivity index (χ4n) is 2.09. The molecule has 20 heavy (non-hydrogen) atoms. The van der Waals surface area contributed by atoms with Gasteiger partial charge in [0.15, 0.2) is 0 Å². The van der Waals surface area contributed by atoms with E-state index in [-0.39, 0.29) is 5.54 Å². The number of rotatable bonds is 6. The first-order valence-corrected chi connectivity index (χ1v) is 7.18. The summed E-state index contributed by atoms with van der Waals surface area (Å²) in [4.78, 5) is 0. The quantitative estimate of drug-likeness (QED) is 0.786. The zero-order valence-corrected chi connectivity index (χ0v) is 12.4. The van der Waals surface area contributed by atoms with Crippen LogP contribution in [0.2, 0.25) is 0 Å². The molecule has 2 heteroatoms. The minimum atomic E-state index is -0.0931. The zero-order valence-electron chi connectivity index (χ0n) is 12.4. The molecule has 0 saturated heterocycles. The molecule has 2 aromatic rings. The van der Waals surface area contributed by atoms with E-state index in [1.165, 1.54) is 16.7 Å². The van der Waals surface area contributed by atoms with Gasteiger partial charge in [0.2, 0.25) is 0 Å². The van der Waals surface area contributed by atoms with Crippen LogP contribution in [0.1, 0.15) is 25.8 Å². The molecule has 3 N–H and O–H groups in total. The van der Waals surface area contributed by atoms with E-state index in [0.29, 0.717) is 0 Å². The Labute approximate surface area is 122 Å². The molecule has 2 aromatic carbocycles. The number of hydrogen-bond acceptors (Lipinski definition) is 2. The first-order valence-electron chi connectivity index (χ1n) is 7.18. The van der Waals surface area contributed by atoms with Gasteiger partial charge in [-0.1, -0.05) is 54.6 Å². The SMILES string of the molecule is CC(C)(N)CCNCc1ccc(-c2ccccc2)cc1. The fraction of sp³-hybridized carbons (Fsp3) is 0.333. The van der Waals surface area contributed by atoms with Gasteiger partial charge in [0.25, 0.3) is 0 Å². The highest BCUT2D eigenvalue weighted by molar-refractivity contribution is 5.63. The second-order valence-electron chi connectivity index (χ2n) is 5.98. The maximum atomic E-state index is 5.96. The molecule has 0 spiro atoms. The van der Waals surface area contributed by atoms with Crippen LogP contribution in [-0.4, -0.2) is 12.1 Å². The molecular formula is C18H24N2. The monoisotopic (exact) mass is 268 g/mol. The molecule has 0 aromatic heterocycles. The summed E-state index contributed by atoms with van der Waals surface area (Å²) in [7, 11) is 0. The van der Waals surface area contributed by atoms with Crippen LogP contribution in [0.4, 0.5) is 0 Å². The average molecular weight is 268 g/mol. The van der Waals surface area contributed by atoms with E-state index >= 15 is 0 Å². The topological polar surface area (TPSA) is 38.0 Å². The van der Waals surface area contributed by atoms with Crippen molar-refractivity contribution in [1.82, 2.24) is 5.32 Å². The molecule has 106 valence electrons. The van der Waals surface area contributed by atoms with Crippen molar-refractivity contribution in [1.29, 1.82) is 0 Å². The van der Waals surface area contributed by atoms with Crippen molar-refractivity contribution in [3.05, 3.63) is 60.2 Å². The molecule has 2 nitrogen and oxygen atoms in total. The highest BCUT2D eigenvalue weighted by atomic mass is 14.9. The molecule has 0 heterocycles. The van der Waals surface area contributed by atoms with Gasteiger partial charge >= 0.3 is 0 Å². The standard InChI is InChI=1S/C18H24N2/c1-18(2,19)12-13-20-14-15-8-10-17(11-9-15)16-6-4-3-5-7-16/h3-11,20H,12-14,19H2,1-2H3. The molecule has 0 aliphatic rings. The van der Waals surface area contributed by atoms with E-state index in [0.717, 1.165) is 19.5 Å². The Bertz CT molecular complexity index is 509. The van der Waals surface area contributed by atoms with Crippen molar-refractivity contribution < 1.29 is 0 Å². The lowest BCUT2D eigenvalue weighted by Crippen LogP contribution is -2.35. The molecule has 2 rings (SSSR count). The van der Waals surface area contributed by atoms with E-state index in [9.17, 15) is 0 Å². The molecule has 0 bridgehead atoms. The van der Waals surface area contributed by atoms with Crippen LogP contribution in [0.25, 0.3) is 11.1 Å². The second kappa shape index (κ2) is 6.69. The van der Waals surface area contributed by atoms with Gasteiger partial charge in [-0.05, 0) is 43.5 Å². The van der Waals surface area contributed by atoms with Crippen LogP contribution in [0, 0.1) is 0 Å². The third-order valence-electron chi connectivity index (χ3n) is 3.34. The third-order valence-corrected chi connectivity index (χ3v) is 3.34. The molecule has 0 amide bonds. The molecule has 0 aliphatic heterocycles. The average Bonchev–Trinajstić information content (AvgIpc) is 2.44. The van der Waals surface area contributed by atoms with Crippen LogP contribution in [-0.2, 0) is 6.54 Å². The predicted molar refractivity (Wildman–Crippen MR) is 86.5 cm³/mol. The summed E-state index contributed by atoms with van der Waals surface area (Å²) < 4.78 is 0. The number of hydrogen-bond donors (Lipinski definition) is 2. The maximum Gasteiger partial charge on any atom is 0.0205 e. The molecule has 0 fully saturated rings. The number of benzene rings is 2. The van der Waals surface area contributed by atoms with E-state index in [2.05, 4.69) is 67.7 Å². The highest BCUT2D eigenvalue weighted by Crippen LogP contribution is 2.19. The van der Waals surface area contributed by atoms with Crippen molar-refractivity contribution >= 4 is 0 Å². The largest absolute Gasteiger partial charge is 0.326 e. The smallest absolute Gasteiger partial charge is 0.0205 e. The normalized spacial score (nSPS) is 11.6. The third kappa shape index (κ3) is 4.80. The first kappa shape index (κ1) is 14.8. The Morgan fingerprint density at radius 1 is 0.900 bits per heavy atom. The minimum Gasteiger partial charge on any atom is -0.326 e. The number of nitrogens with one attached hydrogen (secondary N) is 1. The Balaban J connectivity index is 1.86. The fourth-order valence-corrected chi connectivity index (χ4v) is 2.09. The van der Waals surface area contributed by atoms with E-state index in [1.807, 2.05) is 6.07 Å². The van der Waals surface area contributed by atoms with Crippen LogP contribution < -0.4 is 11.1 Å². The predicted octanol–water partition coefficient (Wildman–Crippen LogP) is 3.57.